The largest absolute Gasteiger partial charge is 0.493 e. The number of nitrogens with zero attached hydrogens (tertiary/aromatic N) is 1. The van der Waals surface area contributed by atoms with E-state index in [2.05, 4.69) is 22.8 Å². The summed E-state index contributed by atoms with van der Waals surface area (Å²) in [6.45, 7) is 2.96. The normalized spacial score (nSPS) is 15.6. The second-order valence-corrected chi connectivity index (χ2v) is 8.65. The summed E-state index contributed by atoms with van der Waals surface area (Å²) in [5.74, 6) is 0.142. The molecule has 1 aromatic carbocycles. The van der Waals surface area contributed by atoms with E-state index in [-0.39, 0.29) is 24.4 Å². The van der Waals surface area contributed by atoms with E-state index in [1.54, 1.807) is 40.9 Å². The van der Waals surface area contributed by atoms with E-state index < -0.39 is 0 Å². The first-order valence-corrected chi connectivity index (χ1v) is 11.3. The van der Waals surface area contributed by atoms with E-state index in [9.17, 15) is 9.59 Å². The highest BCUT2D eigenvalue weighted by atomic mass is 32.1. The summed E-state index contributed by atoms with van der Waals surface area (Å²) >= 11 is 3.40. The summed E-state index contributed by atoms with van der Waals surface area (Å²) < 4.78 is 5.52. The van der Waals surface area contributed by atoms with Gasteiger partial charge in [0.1, 0.15) is 5.75 Å². The van der Waals surface area contributed by atoms with Gasteiger partial charge < -0.3 is 15.0 Å². The number of amides is 2. The number of para-hydroxylation sites is 1. The van der Waals surface area contributed by atoms with Crippen LogP contribution < -0.4 is 10.1 Å². The van der Waals surface area contributed by atoms with Gasteiger partial charge in [-0.15, -0.1) is 22.7 Å². The fourth-order valence-corrected chi connectivity index (χ4v) is 5.39. The van der Waals surface area contributed by atoms with Crippen LogP contribution in [0.2, 0.25) is 0 Å². The summed E-state index contributed by atoms with van der Waals surface area (Å²) in [6, 6.07) is 13.2. The van der Waals surface area contributed by atoms with Crippen LogP contribution in [0.15, 0.2) is 53.2 Å². The molecule has 2 aromatic heterocycles. The molecule has 1 atom stereocenters. The molecule has 1 aliphatic rings. The van der Waals surface area contributed by atoms with Crippen molar-refractivity contribution in [1.29, 1.82) is 0 Å². The van der Waals surface area contributed by atoms with Crippen molar-refractivity contribution in [2.75, 3.05) is 19.7 Å². The van der Waals surface area contributed by atoms with E-state index >= 15 is 0 Å². The Labute approximate surface area is 177 Å². The van der Waals surface area contributed by atoms with Crippen molar-refractivity contribution in [3.8, 4) is 5.75 Å². The van der Waals surface area contributed by atoms with Crippen molar-refractivity contribution in [2.45, 2.75) is 19.4 Å². The van der Waals surface area contributed by atoms with Gasteiger partial charge in [0.25, 0.3) is 5.91 Å². The van der Waals surface area contributed by atoms with Crippen molar-refractivity contribution < 1.29 is 14.3 Å². The molecule has 4 rings (SSSR count). The molecule has 5 nitrogen and oxygen atoms in total. The lowest BCUT2D eigenvalue weighted by Crippen LogP contribution is -2.45. The second-order valence-electron chi connectivity index (χ2n) is 6.67. The second kappa shape index (κ2) is 8.80. The van der Waals surface area contributed by atoms with Crippen LogP contribution in [0.1, 0.15) is 38.6 Å². The number of carbonyl (C=O) groups excluding carboxylic acids is 2. The van der Waals surface area contributed by atoms with Crippen LogP contribution in [-0.2, 0) is 11.2 Å². The third kappa shape index (κ3) is 4.06. The topological polar surface area (TPSA) is 58.6 Å². The molecule has 0 bridgehead atoms. The number of hydrogen-bond acceptors (Lipinski definition) is 5. The van der Waals surface area contributed by atoms with Crippen LogP contribution in [0, 0.1) is 0 Å². The minimum Gasteiger partial charge on any atom is -0.493 e. The average molecular weight is 427 g/mol. The molecule has 1 N–H and O–H groups in total. The van der Waals surface area contributed by atoms with Crippen LogP contribution >= 0.6 is 22.7 Å². The maximum absolute atomic E-state index is 13.1. The van der Waals surface area contributed by atoms with Gasteiger partial charge in [-0.25, -0.2) is 0 Å². The molecule has 0 fully saturated rings. The van der Waals surface area contributed by atoms with Gasteiger partial charge >= 0.3 is 0 Å². The molecule has 2 amide bonds. The molecule has 150 valence electrons. The number of nitrogens with one attached hydrogen (secondary N) is 1. The zero-order valence-corrected chi connectivity index (χ0v) is 17.7. The fraction of sp³-hybridized carbons (Fsp3) is 0.273. The molecule has 1 aliphatic heterocycles. The van der Waals surface area contributed by atoms with Crippen molar-refractivity contribution in [1.82, 2.24) is 10.2 Å². The van der Waals surface area contributed by atoms with Crippen LogP contribution in [0.3, 0.4) is 0 Å². The predicted octanol–water partition coefficient (Wildman–Crippen LogP) is 4.11. The number of benzene rings is 1. The van der Waals surface area contributed by atoms with Gasteiger partial charge in [-0.3, -0.25) is 9.59 Å². The Bertz CT molecular complexity index is 997. The lowest BCUT2D eigenvalue weighted by molar-refractivity contribution is -0.132. The first kappa shape index (κ1) is 19.7. The highest BCUT2D eigenvalue weighted by Crippen LogP contribution is 2.39. The minimum atomic E-state index is -0.302. The highest BCUT2D eigenvalue weighted by molar-refractivity contribution is 7.10. The molecule has 3 aromatic rings. The Kier molecular flexibility index (Phi) is 5.97. The SMILES string of the molecule is CCOc1ccccc1C(=O)NCC(=O)N1CCc2sccc2[C@@H]1c1cccs1. The molecule has 3 heterocycles. The molecule has 0 unspecified atom stereocenters. The molecule has 0 saturated heterocycles. The van der Waals surface area contributed by atoms with E-state index in [0.717, 1.165) is 11.3 Å². The minimum absolute atomic E-state index is 0.0410. The summed E-state index contributed by atoms with van der Waals surface area (Å²) in [7, 11) is 0. The van der Waals surface area contributed by atoms with Crippen LogP contribution in [0.5, 0.6) is 5.75 Å². The van der Waals surface area contributed by atoms with Crippen molar-refractivity contribution in [3.63, 3.8) is 0 Å². The smallest absolute Gasteiger partial charge is 0.255 e. The summed E-state index contributed by atoms with van der Waals surface area (Å²) in [5.41, 5.74) is 1.64. The molecule has 7 heteroatoms. The first-order chi connectivity index (χ1) is 14.2. The zero-order chi connectivity index (χ0) is 20.2. The molecule has 29 heavy (non-hydrogen) atoms. The lowest BCUT2D eigenvalue weighted by Gasteiger charge is -2.35. The Hall–Kier alpha value is -2.64. The lowest BCUT2D eigenvalue weighted by atomic mass is 9.98. The summed E-state index contributed by atoms with van der Waals surface area (Å²) in [5, 5.41) is 6.90. The standard InChI is InChI=1S/C22H22N2O3S2/c1-2-27-17-7-4-3-6-15(17)22(26)23-14-20(25)24-11-9-18-16(10-13-29-18)21(24)19-8-5-12-28-19/h3-8,10,12-13,21H,2,9,11,14H2,1H3,(H,23,26)/t21-/m1/s1. The third-order valence-corrected chi connectivity index (χ3v) is 6.85. The first-order valence-electron chi connectivity index (χ1n) is 9.58. The Morgan fingerprint density at radius 1 is 1.14 bits per heavy atom. The van der Waals surface area contributed by atoms with Crippen molar-refractivity contribution in [2.24, 2.45) is 0 Å². The van der Waals surface area contributed by atoms with Gasteiger partial charge in [-0.2, -0.15) is 0 Å². The summed E-state index contributed by atoms with van der Waals surface area (Å²) in [6.07, 6.45) is 0.849. The quantitative estimate of drug-likeness (QED) is 0.645. The van der Waals surface area contributed by atoms with Crippen LogP contribution in [0.25, 0.3) is 0 Å². The molecule has 0 spiro atoms. The summed E-state index contributed by atoms with van der Waals surface area (Å²) in [4.78, 5) is 30.1. The predicted molar refractivity (Wildman–Crippen MR) is 116 cm³/mol. The zero-order valence-electron chi connectivity index (χ0n) is 16.1. The Balaban J connectivity index is 1.49. The van der Waals surface area contributed by atoms with E-state index in [4.69, 9.17) is 4.74 Å². The molecule has 0 aliphatic carbocycles. The maximum atomic E-state index is 13.1. The number of ether oxygens (including phenoxy) is 1. The number of rotatable bonds is 6. The number of thiophene rings is 2. The van der Waals surface area contributed by atoms with Gasteiger partial charge in [0.15, 0.2) is 0 Å². The fourth-order valence-electron chi connectivity index (χ4n) is 3.63. The number of fused-ring (bicyclic) bond motifs is 1. The number of hydrogen-bond donors (Lipinski definition) is 1. The van der Waals surface area contributed by atoms with Crippen molar-refractivity contribution >= 4 is 34.5 Å². The molecular formula is C22H22N2O3S2. The van der Waals surface area contributed by atoms with Gasteiger partial charge in [-0.1, -0.05) is 18.2 Å². The maximum Gasteiger partial charge on any atom is 0.255 e. The average Bonchev–Trinajstić information content (AvgIpc) is 3.43. The molecule has 0 saturated carbocycles. The highest BCUT2D eigenvalue weighted by Gasteiger charge is 2.33. The van der Waals surface area contributed by atoms with E-state index in [0.29, 0.717) is 24.5 Å². The molecular weight excluding hydrogens is 404 g/mol. The van der Waals surface area contributed by atoms with E-state index in [1.165, 1.54) is 10.4 Å². The Morgan fingerprint density at radius 3 is 2.79 bits per heavy atom. The monoisotopic (exact) mass is 426 g/mol. The Morgan fingerprint density at radius 2 is 2.00 bits per heavy atom. The third-order valence-electron chi connectivity index (χ3n) is 4.93. The van der Waals surface area contributed by atoms with Crippen molar-refractivity contribution in [3.05, 3.63) is 74.1 Å². The van der Waals surface area contributed by atoms with Gasteiger partial charge in [0, 0.05) is 16.3 Å². The van der Waals surface area contributed by atoms with Gasteiger partial charge in [0.05, 0.1) is 24.8 Å². The van der Waals surface area contributed by atoms with Crippen LogP contribution in [-0.4, -0.2) is 36.4 Å². The number of carbonyl (C=O) groups is 2. The van der Waals surface area contributed by atoms with Crippen LogP contribution in [0.4, 0.5) is 0 Å². The van der Waals surface area contributed by atoms with E-state index in [1.807, 2.05) is 29.3 Å². The van der Waals surface area contributed by atoms with Gasteiger partial charge in [0.2, 0.25) is 5.91 Å². The van der Waals surface area contributed by atoms with Gasteiger partial charge in [-0.05, 0) is 53.9 Å². The molecule has 0 radical (unpaired) electrons.